The van der Waals surface area contributed by atoms with Gasteiger partial charge in [-0.1, -0.05) is 206 Å². The highest BCUT2D eigenvalue weighted by Crippen LogP contribution is 2.57. The zero-order chi connectivity index (χ0) is 44.3. The van der Waals surface area contributed by atoms with Crippen LogP contribution in [0.4, 0.5) is 17.1 Å². The SMILES string of the molecule is c1ccc(-c2ccc(-n3c4ccccc4c4cc(-c5cccc(N(c6ccc7c(c6)C(c6ccccc6)(c6ccccc6)c6ccccc6-7)c6cccc7ccccc67)c5)ccc43)cc2)cc1. The Hall–Kier alpha value is -8.72. The lowest BCUT2D eigenvalue weighted by atomic mass is 9.67. The summed E-state index contributed by atoms with van der Waals surface area (Å²) in [7, 11) is 0. The average Bonchev–Trinajstić information content (AvgIpc) is 3.90. The minimum atomic E-state index is -0.519. The summed E-state index contributed by atoms with van der Waals surface area (Å²) >= 11 is 0. The van der Waals surface area contributed by atoms with Crippen LogP contribution in [-0.4, -0.2) is 4.57 Å². The quantitative estimate of drug-likeness (QED) is 0.148. The Labute approximate surface area is 390 Å². The first-order valence-corrected chi connectivity index (χ1v) is 23.2. The molecule has 12 aromatic rings. The van der Waals surface area contributed by atoms with E-state index in [0.717, 1.165) is 28.3 Å². The van der Waals surface area contributed by atoms with E-state index in [0.29, 0.717) is 0 Å². The Bertz CT molecular complexity index is 3750. The van der Waals surface area contributed by atoms with Crippen molar-refractivity contribution >= 4 is 49.6 Å². The van der Waals surface area contributed by atoms with Crippen molar-refractivity contribution in [1.29, 1.82) is 0 Å². The van der Waals surface area contributed by atoms with E-state index in [1.807, 2.05) is 0 Å². The fourth-order valence-electron chi connectivity index (χ4n) is 11.1. The Morgan fingerprint density at radius 1 is 0.313 bits per heavy atom. The number of hydrogen-bond acceptors (Lipinski definition) is 1. The van der Waals surface area contributed by atoms with Crippen LogP contribution in [0.3, 0.4) is 0 Å². The van der Waals surface area contributed by atoms with Crippen molar-refractivity contribution in [2.24, 2.45) is 0 Å². The Morgan fingerprint density at radius 3 is 1.66 bits per heavy atom. The van der Waals surface area contributed by atoms with Crippen LogP contribution >= 0.6 is 0 Å². The van der Waals surface area contributed by atoms with Gasteiger partial charge in [0.25, 0.3) is 0 Å². The molecule has 0 saturated heterocycles. The van der Waals surface area contributed by atoms with Crippen LogP contribution in [0, 0.1) is 0 Å². The molecular formula is C65H44N2. The third kappa shape index (κ3) is 6.18. The highest BCUT2D eigenvalue weighted by atomic mass is 15.1. The lowest BCUT2D eigenvalue weighted by Crippen LogP contribution is -2.28. The van der Waals surface area contributed by atoms with Gasteiger partial charge in [0.2, 0.25) is 0 Å². The zero-order valence-corrected chi connectivity index (χ0v) is 36.8. The van der Waals surface area contributed by atoms with Crippen molar-refractivity contribution in [2.45, 2.75) is 5.41 Å². The first-order valence-electron chi connectivity index (χ1n) is 23.2. The fourth-order valence-corrected chi connectivity index (χ4v) is 11.1. The summed E-state index contributed by atoms with van der Waals surface area (Å²) in [5.41, 5.74) is 18.7. The highest BCUT2D eigenvalue weighted by molar-refractivity contribution is 6.10. The summed E-state index contributed by atoms with van der Waals surface area (Å²) in [5, 5.41) is 4.86. The van der Waals surface area contributed by atoms with Gasteiger partial charge in [0.1, 0.15) is 0 Å². The smallest absolute Gasteiger partial charge is 0.0714 e. The largest absolute Gasteiger partial charge is 0.310 e. The standard InChI is InChI=1S/C65H44N2/c1-4-18-45(19-5-1)46-34-37-52(38-35-46)67-63-32-15-13-30-58(63)59-43-49(36-41-64(59)67)48-22-16-27-53(42-48)66(62-33-17-21-47-20-10-11-28-55(47)62)54-39-40-57-56-29-12-14-31-60(56)65(61(57)44-54,50-23-6-2-7-24-50)51-25-8-3-9-26-51/h1-44H. The van der Waals surface area contributed by atoms with Crippen LogP contribution in [0.15, 0.2) is 267 Å². The molecule has 2 nitrogen and oxygen atoms in total. The summed E-state index contributed by atoms with van der Waals surface area (Å²) in [5.74, 6) is 0. The Balaban J connectivity index is 0.985. The number of nitrogens with zero attached hydrogens (tertiary/aromatic N) is 2. The van der Waals surface area contributed by atoms with Gasteiger partial charge in [0.15, 0.2) is 0 Å². The number of aromatic nitrogens is 1. The second-order valence-electron chi connectivity index (χ2n) is 17.6. The maximum Gasteiger partial charge on any atom is 0.0714 e. The highest BCUT2D eigenvalue weighted by Gasteiger charge is 2.46. The molecule has 67 heavy (non-hydrogen) atoms. The van der Waals surface area contributed by atoms with Crippen LogP contribution in [0.5, 0.6) is 0 Å². The van der Waals surface area contributed by atoms with E-state index in [1.165, 1.54) is 82.6 Å². The minimum absolute atomic E-state index is 0.519. The van der Waals surface area contributed by atoms with Gasteiger partial charge in [-0.15, -0.1) is 0 Å². The number of benzene rings is 11. The molecule has 2 heteroatoms. The third-order valence-electron chi connectivity index (χ3n) is 14.1. The molecule has 1 heterocycles. The predicted octanol–water partition coefficient (Wildman–Crippen LogP) is 17.1. The molecule has 13 rings (SSSR count). The van der Waals surface area contributed by atoms with E-state index in [4.69, 9.17) is 0 Å². The molecule has 0 fully saturated rings. The van der Waals surface area contributed by atoms with Crippen LogP contribution in [0.25, 0.3) is 71.6 Å². The molecule has 0 saturated carbocycles. The molecule has 0 bridgehead atoms. The number of fused-ring (bicyclic) bond motifs is 7. The zero-order valence-electron chi connectivity index (χ0n) is 36.8. The first-order chi connectivity index (χ1) is 33.2. The van der Waals surface area contributed by atoms with Gasteiger partial charge in [-0.25, -0.2) is 0 Å². The van der Waals surface area contributed by atoms with E-state index >= 15 is 0 Å². The van der Waals surface area contributed by atoms with Crippen molar-refractivity contribution in [3.8, 4) is 39.1 Å². The number of rotatable bonds is 8. The maximum atomic E-state index is 2.47. The van der Waals surface area contributed by atoms with Crippen molar-refractivity contribution < 1.29 is 0 Å². The molecule has 0 radical (unpaired) electrons. The summed E-state index contributed by atoms with van der Waals surface area (Å²) in [4.78, 5) is 2.47. The molecule has 0 aliphatic heterocycles. The van der Waals surface area contributed by atoms with E-state index < -0.39 is 5.41 Å². The summed E-state index contributed by atoms with van der Waals surface area (Å²) < 4.78 is 2.40. The van der Waals surface area contributed by atoms with Gasteiger partial charge in [-0.3, -0.25) is 0 Å². The molecular weight excluding hydrogens is 809 g/mol. The van der Waals surface area contributed by atoms with E-state index in [1.54, 1.807) is 0 Å². The van der Waals surface area contributed by atoms with Gasteiger partial charge >= 0.3 is 0 Å². The summed E-state index contributed by atoms with van der Waals surface area (Å²) in [6.07, 6.45) is 0. The molecule has 0 atom stereocenters. The van der Waals surface area contributed by atoms with Crippen molar-refractivity contribution in [3.63, 3.8) is 0 Å². The topological polar surface area (TPSA) is 8.17 Å². The fraction of sp³-hybridized carbons (Fsp3) is 0.0154. The van der Waals surface area contributed by atoms with Crippen LogP contribution in [-0.2, 0) is 5.41 Å². The normalized spacial score (nSPS) is 12.6. The van der Waals surface area contributed by atoms with Crippen molar-refractivity contribution in [2.75, 3.05) is 4.90 Å². The molecule has 1 aliphatic carbocycles. The molecule has 1 aliphatic rings. The molecule has 314 valence electrons. The Morgan fingerprint density at radius 2 is 0.866 bits per heavy atom. The lowest BCUT2D eigenvalue weighted by Gasteiger charge is -2.35. The molecule has 0 spiro atoms. The minimum Gasteiger partial charge on any atom is -0.310 e. The second-order valence-corrected chi connectivity index (χ2v) is 17.6. The number of para-hydroxylation sites is 1. The van der Waals surface area contributed by atoms with Gasteiger partial charge < -0.3 is 9.47 Å². The second kappa shape index (κ2) is 15.8. The van der Waals surface area contributed by atoms with Gasteiger partial charge in [0.05, 0.1) is 22.1 Å². The average molecular weight is 853 g/mol. The summed E-state index contributed by atoms with van der Waals surface area (Å²) in [6.45, 7) is 0. The third-order valence-corrected chi connectivity index (χ3v) is 14.1. The molecule has 0 unspecified atom stereocenters. The van der Waals surface area contributed by atoms with Crippen molar-refractivity contribution in [1.82, 2.24) is 4.57 Å². The lowest BCUT2D eigenvalue weighted by molar-refractivity contribution is 0.768. The Kier molecular flexibility index (Phi) is 9.11. The first kappa shape index (κ1) is 38.7. The maximum absolute atomic E-state index is 2.47. The monoisotopic (exact) mass is 852 g/mol. The number of anilines is 3. The van der Waals surface area contributed by atoms with Crippen LogP contribution < -0.4 is 4.90 Å². The molecule has 0 N–H and O–H groups in total. The van der Waals surface area contributed by atoms with Crippen LogP contribution in [0.1, 0.15) is 22.3 Å². The molecule has 1 aromatic heterocycles. The van der Waals surface area contributed by atoms with E-state index in [9.17, 15) is 0 Å². The van der Waals surface area contributed by atoms with Crippen molar-refractivity contribution in [3.05, 3.63) is 289 Å². The van der Waals surface area contributed by atoms with Gasteiger partial charge in [-0.05, 0) is 122 Å². The van der Waals surface area contributed by atoms with E-state index in [-0.39, 0.29) is 0 Å². The summed E-state index contributed by atoms with van der Waals surface area (Å²) in [6, 6.07) is 98.1. The van der Waals surface area contributed by atoms with E-state index in [2.05, 4.69) is 276 Å². The van der Waals surface area contributed by atoms with Crippen LogP contribution in [0.2, 0.25) is 0 Å². The number of hydrogen-bond donors (Lipinski definition) is 0. The van der Waals surface area contributed by atoms with Gasteiger partial charge in [-0.2, -0.15) is 0 Å². The predicted molar refractivity (Wildman–Crippen MR) is 281 cm³/mol. The van der Waals surface area contributed by atoms with Gasteiger partial charge in [0, 0.05) is 33.2 Å². The molecule has 11 aromatic carbocycles. The molecule has 0 amide bonds.